The topological polar surface area (TPSA) is 0 Å². The Kier molecular flexibility index (Phi) is 5.11. The zero-order valence-electron chi connectivity index (χ0n) is 9.97. The second kappa shape index (κ2) is 6.85. The maximum absolute atomic E-state index is 2.25. The van der Waals surface area contributed by atoms with Crippen LogP contribution in [0, 0.1) is 0 Å². The summed E-state index contributed by atoms with van der Waals surface area (Å²) in [5.74, 6) is 0.568. The van der Waals surface area contributed by atoms with Crippen LogP contribution in [0.25, 0.3) is 0 Å². The molecule has 0 aliphatic heterocycles. The van der Waals surface area contributed by atoms with Crippen molar-refractivity contribution in [2.75, 3.05) is 0 Å². The molecule has 2 rings (SSSR count). The molecule has 0 nitrogen and oxygen atoms in total. The van der Waals surface area contributed by atoms with E-state index in [9.17, 15) is 0 Å². The zero-order chi connectivity index (χ0) is 11.9. The fourth-order valence-electron chi connectivity index (χ4n) is 2.20. The van der Waals surface area contributed by atoms with E-state index in [0.717, 1.165) is 0 Å². The van der Waals surface area contributed by atoms with E-state index in [1.54, 1.807) is 22.5 Å². The molecule has 17 heavy (non-hydrogen) atoms. The fourth-order valence-corrected chi connectivity index (χ4v) is 2.79. The Bertz CT molecular complexity index is 382. The van der Waals surface area contributed by atoms with Gasteiger partial charge in [0.1, 0.15) is 0 Å². The predicted octanol–water partition coefficient (Wildman–Crippen LogP) is 4.19. The molecule has 0 spiro atoms. The van der Waals surface area contributed by atoms with Crippen LogP contribution in [0.3, 0.4) is 0 Å². The van der Waals surface area contributed by atoms with Crippen molar-refractivity contribution in [3.05, 3.63) is 71.8 Å². The van der Waals surface area contributed by atoms with Gasteiger partial charge in [0.15, 0.2) is 0 Å². The predicted molar refractivity (Wildman–Crippen MR) is 74.5 cm³/mol. The van der Waals surface area contributed by atoms with Crippen LogP contribution in [0.5, 0.6) is 0 Å². The van der Waals surface area contributed by atoms with E-state index in [1.165, 1.54) is 28.4 Å². The monoisotopic (exact) mass is 329 g/mol. The summed E-state index contributed by atoms with van der Waals surface area (Å²) in [7, 11) is 0. The molecular weight excluding hydrogens is 311 g/mol. The molecule has 0 saturated heterocycles. The van der Waals surface area contributed by atoms with Crippen molar-refractivity contribution in [1.82, 2.24) is 0 Å². The molecule has 2 aromatic carbocycles. The van der Waals surface area contributed by atoms with Crippen LogP contribution in [0.1, 0.15) is 29.9 Å². The standard InChI is InChI=1S/C16H17.Sn/c1-2-9-16(14-10-5-3-6-11-14)15-12-7-4-8-13-15;/h3-8,10-13,16H,1-2,9H2;/q;+3. The third kappa shape index (κ3) is 3.60. The van der Waals surface area contributed by atoms with Crippen LogP contribution >= 0.6 is 0 Å². The van der Waals surface area contributed by atoms with E-state index >= 15 is 0 Å². The van der Waals surface area contributed by atoms with Gasteiger partial charge < -0.3 is 0 Å². The molecule has 82 valence electrons. The van der Waals surface area contributed by atoms with Crippen LogP contribution in [0.15, 0.2) is 60.7 Å². The third-order valence-electron chi connectivity index (χ3n) is 3.07. The molecule has 2 aromatic rings. The quantitative estimate of drug-likeness (QED) is 0.722. The van der Waals surface area contributed by atoms with Crippen molar-refractivity contribution in [3.63, 3.8) is 0 Å². The zero-order valence-corrected chi connectivity index (χ0v) is 12.8. The molecule has 0 N–H and O–H groups in total. The van der Waals surface area contributed by atoms with E-state index < -0.39 is 0 Å². The van der Waals surface area contributed by atoms with Crippen LogP contribution in [0.2, 0.25) is 4.44 Å². The summed E-state index contributed by atoms with van der Waals surface area (Å²) in [6.45, 7) is 0. The van der Waals surface area contributed by atoms with E-state index in [-0.39, 0.29) is 0 Å². The van der Waals surface area contributed by atoms with Crippen molar-refractivity contribution < 1.29 is 0 Å². The molecule has 0 saturated carbocycles. The second-order valence-electron chi connectivity index (χ2n) is 4.27. The van der Waals surface area contributed by atoms with Gasteiger partial charge in [-0.3, -0.25) is 0 Å². The van der Waals surface area contributed by atoms with Gasteiger partial charge in [0.05, 0.1) is 0 Å². The van der Waals surface area contributed by atoms with E-state index in [0.29, 0.717) is 5.92 Å². The number of rotatable bonds is 5. The van der Waals surface area contributed by atoms with Gasteiger partial charge in [0.25, 0.3) is 0 Å². The molecule has 0 aliphatic carbocycles. The molecule has 0 fully saturated rings. The van der Waals surface area contributed by atoms with E-state index in [4.69, 9.17) is 0 Å². The Morgan fingerprint density at radius 2 is 1.24 bits per heavy atom. The van der Waals surface area contributed by atoms with E-state index in [2.05, 4.69) is 60.7 Å². The summed E-state index contributed by atoms with van der Waals surface area (Å²) in [4.78, 5) is 0. The molecule has 0 heterocycles. The van der Waals surface area contributed by atoms with Crippen LogP contribution in [-0.4, -0.2) is 22.5 Å². The first-order chi connectivity index (χ1) is 8.42. The average molecular weight is 328 g/mol. The first-order valence-electron chi connectivity index (χ1n) is 6.16. The first-order valence-corrected chi connectivity index (χ1v) is 8.18. The minimum absolute atomic E-state index is 0.568. The maximum atomic E-state index is 2.25. The Morgan fingerprint density at radius 3 is 1.65 bits per heavy atom. The van der Waals surface area contributed by atoms with E-state index in [1.807, 2.05) is 0 Å². The normalized spacial score (nSPS) is 10.8. The van der Waals surface area contributed by atoms with Gasteiger partial charge >= 0.3 is 118 Å². The summed E-state index contributed by atoms with van der Waals surface area (Å²) in [5.41, 5.74) is 2.89. The second-order valence-corrected chi connectivity index (χ2v) is 5.69. The third-order valence-corrected chi connectivity index (χ3v) is 4.08. The van der Waals surface area contributed by atoms with Crippen LogP contribution in [0.4, 0.5) is 0 Å². The molecule has 0 radical (unpaired) electrons. The molecule has 0 bridgehead atoms. The Labute approximate surface area is 117 Å². The molecular formula is C16H17Sn+3. The van der Waals surface area contributed by atoms with Crippen molar-refractivity contribution in [2.45, 2.75) is 23.2 Å². The summed E-state index contributed by atoms with van der Waals surface area (Å²) in [6, 6.07) is 21.8. The number of hydrogen-bond acceptors (Lipinski definition) is 0. The number of benzene rings is 2. The summed E-state index contributed by atoms with van der Waals surface area (Å²) < 4.78 is 1.35. The first kappa shape index (κ1) is 12.7. The van der Waals surface area contributed by atoms with Crippen molar-refractivity contribution in [2.24, 2.45) is 0 Å². The Hall–Kier alpha value is -0.761. The minimum atomic E-state index is 0.568. The van der Waals surface area contributed by atoms with Crippen LogP contribution < -0.4 is 0 Å². The van der Waals surface area contributed by atoms with Gasteiger partial charge in [0, 0.05) is 0 Å². The van der Waals surface area contributed by atoms with Gasteiger partial charge in [-0.2, -0.15) is 0 Å². The van der Waals surface area contributed by atoms with Crippen LogP contribution in [-0.2, 0) is 0 Å². The average Bonchev–Trinajstić information content (AvgIpc) is 2.42. The molecule has 0 aromatic heterocycles. The molecule has 1 heteroatoms. The molecule has 0 atom stereocenters. The summed E-state index contributed by atoms with van der Waals surface area (Å²) in [6.07, 6.45) is 2.59. The van der Waals surface area contributed by atoms with Gasteiger partial charge in [-0.25, -0.2) is 0 Å². The number of hydrogen-bond donors (Lipinski definition) is 0. The summed E-state index contributed by atoms with van der Waals surface area (Å²) >= 11 is 1.65. The molecule has 0 aliphatic rings. The van der Waals surface area contributed by atoms with Crippen molar-refractivity contribution in [3.8, 4) is 0 Å². The SMILES string of the molecule is [Sn+3][CH2]CCC(c1ccccc1)c1ccccc1. The molecule has 0 unspecified atom stereocenters. The van der Waals surface area contributed by atoms with Gasteiger partial charge in [-0.1, -0.05) is 0 Å². The fraction of sp³-hybridized carbons (Fsp3) is 0.250. The van der Waals surface area contributed by atoms with Crippen molar-refractivity contribution in [1.29, 1.82) is 0 Å². The molecule has 0 amide bonds. The van der Waals surface area contributed by atoms with Gasteiger partial charge in [0.2, 0.25) is 0 Å². The summed E-state index contributed by atoms with van der Waals surface area (Å²) in [5, 5.41) is 0. The van der Waals surface area contributed by atoms with Gasteiger partial charge in [-0.05, 0) is 0 Å². The Morgan fingerprint density at radius 1 is 0.765 bits per heavy atom. The van der Waals surface area contributed by atoms with Crippen molar-refractivity contribution >= 4 is 22.5 Å². The Balaban J connectivity index is 2.26. The van der Waals surface area contributed by atoms with Gasteiger partial charge in [-0.15, -0.1) is 0 Å².